The van der Waals surface area contributed by atoms with Gasteiger partial charge in [-0.3, -0.25) is 9.59 Å². The molecule has 2 amide bonds. The van der Waals surface area contributed by atoms with Crippen LogP contribution in [0.5, 0.6) is 11.5 Å². The van der Waals surface area contributed by atoms with Gasteiger partial charge in [0.15, 0.2) is 18.1 Å². The van der Waals surface area contributed by atoms with Crippen molar-refractivity contribution in [1.29, 1.82) is 0 Å². The van der Waals surface area contributed by atoms with E-state index in [9.17, 15) is 14.0 Å². The average molecular weight is 427 g/mol. The number of nitrogens with two attached hydrogens (primary N) is 1. The minimum Gasteiger partial charge on any atom is -0.493 e. The van der Waals surface area contributed by atoms with Gasteiger partial charge in [-0.15, -0.1) is 0 Å². The van der Waals surface area contributed by atoms with Crippen LogP contribution in [0.3, 0.4) is 0 Å². The van der Waals surface area contributed by atoms with Crippen molar-refractivity contribution in [1.82, 2.24) is 4.37 Å². The van der Waals surface area contributed by atoms with Gasteiger partial charge in [-0.25, -0.2) is 4.39 Å². The number of carbonyl (C=O) groups is 2. The van der Waals surface area contributed by atoms with Crippen molar-refractivity contribution in [3.63, 3.8) is 0 Å². The minimum atomic E-state index is -0.604. The van der Waals surface area contributed by atoms with Crippen LogP contribution in [0.15, 0.2) is 42.5 Å². The average Bonchev–Trinajstić information content (AvgIpc) is 3.15. The number of ether oxygens (including phenoxy) is 2. The van der Waals surface area contributed by atoms with Gasteiger partial charge >= 0.3 is 0 Å². The molecule has 0 saturated heterocycles. The fourth-order valence-corrected chi connectivity index (χ4v) is 4.35. The summed E-state index contributed by atoms with van der Waals surface area (Å²) < 4.78 is 28.6. The number of methoxy groups -OCH3 is 1. The molecule has 4 rings (SSSR count). The van der Waals surface area contributed by atoms with E-state index in [-0.39, 0.29) is 30.7 Å². The van der Waals surface area contributed by atoms with Crippen LogP contribution in [0.2, 0.25) is 0 Å². The van der Waals surface area contributed by atoms with Crippen LogP contribution in [0.25, 0.3) is 11.3 Å². The number of rotatable bonds is 6. The summed E-state index contributed by atoms with van der Waals surface area (Å²) in [4.78, 5) is 24.4. The van der Waals surface area contributed by atoms with Gasteiger partial charge in [-0.05, 0) is 53.5 Å². The highest BCUT2D eigenvalue weighted by Crippen LogP contribution is 2.46. The van der Waals surface area contributed by atoms with Crippen LogP contribution in [-0.2, 0) is 9.59 Å². The maximum atomic E-state index is 13.3. The molecule has 9 heteroatoms. The van der Waals surface area contributed by atoms with Crippen LogP contribution in [0.1, 0.15) is 22.8 Å². The standard InChI is InChI=1S/C21H18FN3O4S/c1-28-15-7-4-12(8-16(15)29-10-17(23)26)14-9-18(27)24-20-19(25-30-21(14)20)11-2-5-13(22)6-3-11/h2-8,14H,9-10H2,1H3,(H2,23,26)(H,24,27)/t14-/m1/s1. The molecule has 1 aromatic heterocycles. The van der Waals surface area contributed by atoms with E-state index in [1.807, 2.05) is 6.07 Å². The Morgan fingerprint density at radius 3 is 2.73 bits per heavy atom. The summed E-state index contributed by atoms with van der Waals surface area (Å²) in [6, 6.07) is 11.3. The van der Waals surface area contributed by atoms with Gasteiger partial charge in [0, 0.05) is 17.9 Å². The smallest absolute Gasteiger partial charge is 0.255 e. The number of amides is 2. The van der Waals surface area contributed by atoms with Gasteiger partial charge in [-0.2, -0.15) is 4.37 Å². The van der Waals surface area contributed by atoms with E-state index in [0.29, 0.717) is 22.9 Å². The predicted molar refractivity (Wildman–Crippen MR) is 110 cm³/mol. The zero-order chi connectivity index (χ0) is 21.3. The Morgan fingerprint density at radius 2 is 2.03 bits per heavy atom. The first-order valence-corrected chi connectivity index (χ1v) is 9.88. The summed E-state index contributed by atoms with van der Waals surface area (Å²) in [5, 5.41) is 2.90. The molecule has 1 aliphatic heterocycles. The van der Waals surface area contributed by atoms with Crippen LogP contribution in [-0.4, -0.2) is 29.9 Å². The number of hydrogen-bond acceptors (Lipinski definition) is 6. The summed E-state index contributed by atoms with van der Waals surface area (Å²) >= 11 is 1.29. The SMILES string of the molecule is COc1ccc([C@H]2CC(=O)Nc3c(-c4ccc(F)cc4)nsc32)cc1OCC(N)=O. The van der Waals surface area contributed by atoms with E-state index >= 15 is 0 Å². The number of carbonyl (C=O) groups excluding carboxylic acids is 2. The fraction of sp³-hybridized carbons (Fsp3) is 0.190. The summed E-state index contributed by atoms with van der Waals surface area (Å²) in [6.07, 6.45) is 0.236. The molecule has 0 aliphatic carbocycles. The van der Waals surface area contributed by atoms with Gasteiger partial charge in [-0.1, -0.05) is 6.07 Å². The highest BCUT2D eigenvalue weighted by molar-refractivity contribution is 7.07. The van der Waals surface area contributed by atoms with Gasteiger partial charge < -0.3 is 20.5 Å². The normalized spacial score (nSPS) is 15.3. The largest absolute Gasteiger partial charge is 0.493 e. The van der Waals surface area contributed by atoms with Crippen LogP contribution >= 0.6 is 11.5 Å². The van der Waals surface area contributed by atoms with E-state index in [0.717, 1.165) is 16.0 Å². The molecule has 1 aliphatic rings. The number of hydrogen-bond donors (Lipinski definition) is 2. The first kappa shape index (κ1) is 19.8. The number of nitrogens with zero attached hydrogens (tertiary/aromatic N) is 1. The highest BCUT2D eigenvalue weighted by atomic mass is 32.1. The van der Waals surface area contributed by atoms with Crippen LogP contribution in [0.4, 0.5) is 10.1 Å². The Balaban J connectivity index is 1.73. The van der Waals surface area contributed by atoms with E-state index in [4.69, 9.17) is 15.2 Å². The van der Waals surface area contributed by atoms with Gasteiger partial charge in [0.1, 0.15) is 11.5 Å². The molecule has 2 heterocycles. The third-order valence-electron chi connectivity index (χ3n) is 4.77. The third kappa shape index (κ3) is 3.84. The van der Waals surface area contributed by atoms with Crippen LogP contribution < -0.4 is 20.5 Å². The number of primary amides is 1. The fourth-order valence-electron chi connectivity index (χ4n) is 3.38. The number of nitrogens with one attached hydrogen (secondary N) is 1. The van der Waals surface area contributed by atoms with Crippen molar-refractivity contribution in [2.45, 2.75) is 12.3 Å². The Bertz CT molecular complexity index is 1110. The number of benzene rings is 2. The molecule has 154 valence electrons. The maximum absolute atomic E-state index is 13.3. The molecule has 7 nitrogen and oxygen atoms in total. The maximum Gasteiger partial charge on any atom is 0.255 e. The summed E-state index contributed by atoms with van der Waals surface area (Å²) in [5.74, 6) is -0.519. The van der Waals surface area contributed by atoms with E-state index < -0.39 is 5.91 Å². The Labute approximate surface area is 175 Å². The van der Waals surface area contributed by atoms with Gasteiger partial charge in [0.25, 0.3) is 5.91 Å². The first-order valence-electron chi connectivity index (χ1n) is 9.10. The second-order valence-electron chi connectivity index (χ2n) is 6.75. The quantitative estimate of drug-likeness (QED) is 0.628. The zero-order valence-corrected chi connectivity index (χ0v) is 16.8. The molecule has 0 radical (unpaired) electrons. The number of fused-ring (bicyclic) bond motifs is 1. The summed E-state index contributed by atoms with van der Waals surface area (Å²) in [5.41, 5.74) is 7.94. The molecule has 0 unspecified atom stereocenters. The van der Waals surface area contributed by atoms with E-state index in [1.165, 1.54) is 30.8 Å². The molecule has 2 aromatic carbocycles. The van der Waals surface area contributed by atoms with Gasteiger partial charge in [0.05, 0.1) is 17.7 Å². The van der Waals surface area contributed by atoms with Crippen molar-refractivity contribution in [2.24, 2.45) is 5.73 Å². The van der Waals surface area contributed by atoms with Gasteiger partial charge in [0.2, 0.25) is 5.91 Å². The molecule has 0 saturated carbocycles. The first-order chi connectivity index (χ1) is 14.5. The van der Waals surface area contributed by atoms with Crippen molar-refractivity contribution >= 4 is 29.0 Å². The Hall–Kier alpha value is -3.46. The molecular weight excluding hydrogens is 409 g/mol. The lowest BCUT2D eigenvalue weighted by Gasteiger charge is -2.23. The number of halogens is 1. The van der Waals surface area contributed by atoms with Crippen molar-refractivity contribution in [2.75, 3.05) is 19.0 Å². The van der Waals surface area contributed by atoms with Crippen molar-refractivity contribution in [3.8, 4) is 22.8 Å². The zero-order valence-electron chi connectivity index (χ0n) is 16.0. The minimum absolute atomic E-state index is 0.147. The summed E-state index contributed by atoms with van der Waals surface area (Å²) in [7, 11) is 1.50. The molecule has 1 atom stereocenters. The van der Waals surface area contributed by atoms with Crippen molar-refractivity contribution < 1.29 is 23.5 Å². The molecule has 0 bridgehead atoms. The molecule has 0 spiro atoms. The highest BCUT2D eigenvalue weighted by Gasteiger charge is 2.32. The monoisotopic (exact) mass is 427 g/mol. The Morgan fingerprint density at radius 1 is 1.27 bits per heavy atom. The second-order valence-corrected chi connectivity index (χ2v) is 7.55. The molecular formula is C21H18FN3O4S. The molecule has 3 aromatic rings. The lowest BCUT2D eigenvalue weighted by Crippen LogP contribution is -2.23. The topological polar surface area (TPSA) is 104 Å². The van der Waals surface area contributed by atoms with E-state index in [2.05, 4.69) is 9.69 Å². The Kier molecular flexibility index (Phi) is 5.37. The van der Waals surface area contributed by atoms with Crippen LogP contribution in [0, 0.1) is 5.82 Å². The number of anilines is 1. The molecule has 3 N–H and O–H groups in total. The molecule has 30 heavy (non-hydrogen) atoms. The molecule has 0 fully saturated rings. The number of aromatic nitrogens is 1. The third-order valence-corrected chi connectivity index (χ3v) is 5.73. The second kappa shape index (κ2) is 8.11. The summed E-state index contributed by atoms with van der Waals surface area (Å²) in [6.45, 7) is -0.286. The lowest BCUT2D eigenvalue weighted by molar-refractivity contribution is -0.120. The lowest BCUT2D eigenvalue weighted by atomic mass is 9.89. The predicted octanol–water partition coefficient (Wildman–Crippen LogP) is 3.30. The van der Waals surface area contributed by atoms with Crippen molar-refractivity contribution in [3.05, 3.63) is 58.7 Å². The van der Waals surface area contributed by atoms with E-state index in [1.54, 1.807) is 24.3 Å².